The van der Waals surface area contributed by atoms with E-state index in [-0.39, 0.29) is 98.0 Å². The van der Waals surface area contributed by atoms with E-state index in [0.29, 0.717) is 0 Å². The average Bonchev–Trinajstić information content (AvgIpc) is 1.84. The Morgan fingerprint density at radius 1 is 0.923 bits per heavy atom. The molecule has 0 amide bonds. The van der Waals surface area contributed by atoms with Gasteiger partial charge in [-0.1, -0.05) is 0 Å². The number of aliphatic hydroxyl groups is 2. The van der Waals surface area contributed by atoms with Gasteiger partial charge in [-0.05, 0) is 0 Å². The Kier molecular flexibility index (Phi) is 22.6. The molecular weight excluding hydrogens is 270 g/mol. The molecule has 6 nitrogen and oxygen atoms in total. The van der Waals surface area contributed by atoms with Crippen LogP contribution in [0, 0.1) is 0 Å². The van der Waals surface area contributed by atoms with Crippen LogP contribution in [-0.2, 0) is 26.7 Å². The monoisotopic (exact) mass is 277 g/mol. The summed E-state index contributed by atoms with van der Waals surface area (Å²) in [6.07, 6.45) is -4.53. The third-order valence-corrected chi connectivity index (χ3v) is 0.805. The van der Waals surface area contributed by atoms with Crippen molar-refractivity contribution in [2.24, 2.45) is 0 Å². The predicted octanol–water partition coefficient (Wildman–Crippen LogP) is -3.42. The predicted molar refractivity (Wildman–Crippen MR) is 41.6 cm³/mol. The maximum absolute atomic E-state index is 9.77. The quantitative estimate of drug-likeness (QED) is 0.399. The zero-order valence-corrected chi connectivity index (χ0v) is 6.00. The molecule has 0 fully saturated rings. The topological polar surface area (TPSA) is 115 Å². The number of hydrogen-bond donors (Lipinski definition) is 4. The Morgan fingerprint density at radius 3 is 1.15 bits per heavy atom. The molecule has 0 heterocycles. The standard InChI is InChI=1S/C4H6O6.Cu.K.Na.2H/c5-1(3(7)8)2(6)4(9)10;;;;;/h1-2,5-6H,(H,7,8)(H,9,10);;;;;. The number of aliphatic hydroxyl groups excluding tert-OH is 2. The van der Waals surface area contributed by atoms with Crippen LogP contribution in [0.1, 0.15) is 0 Å². The molecular formula is C4H8CuKNaO6. The first-order valence-corrected chi connectivity index (χ1v) is 2.28. The van der Waals surface area contributed by atoms with E-state index in [1.54, 1.807) is 0 Å². The van der Waals surface area contributed by atoms with Gasteiger partial charge in [0.15, 0.2) is 12.2 Å². The van der Waals surface area contributed by atoms with Crippen LogP contribution < -0.4 is 0 Å². The maximum atomic E-state index is 9.77. The molecule has 13 heavy (non-hydrogen) atoms. The van der Waals surface area contributed by atoms with Crippen molar-refractivity contribution in [2.45, 2.75) is 12.2 Å². The summed E-state index contributed by atoms with van der Waals surface area (Å²) in [5.74, 6) is -3.54. The van der Waals surface area contributed by atoms with Gasteiger partial charge in [0.05, 0.1) is 0 Å². The fourth-order valence-corrected chi connectivity index (χ4v) is 0.270. The number of aliphatic carboxylic acids is 2. The van der Waals surface area contributed by atoms with Crippen molar-refractivity contribution >= 4 is 92.9 Å². The summed E-state index contributed by atoms with van der Waals surface area (Å²) in [7, 11) is 0. The molecule has 0 rings (SSSR count). The van der Waals surface area contributed by atoms with Gasteiger partial charge in [-0.15, -0.1) is 0 Å². The number of carboxylic acids is 2. The Hall–Kier alpha value is 2.02. The second-order valence-corrected chi connectivity index (χ2v) is 1.57. The molecule has 73 valence electrons. The summed E-state index contributed by atoms with van der Waals surface area (Å²) in [4.78, 5) is 19.5. The van der Waals surface area contributed by atoms with Crippen LogP contribution in [0.15, 0.2) is 0 Å². The van der Waals surface area contributed by atoms with Crippen LogP contribution in [0.3, 0.4) is 0 Å². The molecule has 0 saturated carbocycles. The fourth-order valence-electron chi connectivity index (χ4n) is 0.270. The molecule has 0 spiro atoms. The van der Waals surface area contributed by atoms with E-state index in [9.17, 15) is 9.59 Å². The average molecular weight is 278 g/mol. The summed E-state index contributed by atoms with van der Waals surface area (Å²) in [5.41, 5.74) is 0. The summed E-state index contributed by atoms with van der Waals surface area (Å²) < 4.78 is 0. The summed E-state index contributed by atoms with van der Waals surface area (Å²) in [5, 5.41) is 32.5. The normalized spacial score (nSPS) is 12.2. The molecule has 0 aromatic carbocycles. The first kappa shape index (κ1) is 24.3. The van der Waals surface area contributed by atoms with Gasteiger partial charge < -0.3 is 20.4 Å². The van der Waals surface area contributed by atoms with Crippen LogP contribution in [0.2, 0.25) is 0 Å². The molecule has 0 aliphatic rings. The zero-order chi connectivity index (χ0) is 8.31. The summed E-state index contributed by atoms with van der Waals surface area (Å²) >= 11 is 0. The molecule has 0 bridgehead atoms. The van der Waals surface area contributed by atoms with Crippen molar-refractivity contribution in [1.29, 1.82) is 0 Å². The van der Waals surface area contributed by atoms with Crippen LogP contribution in [-0.4, -0.2) is 126 Å². The molecule has 0 aromatic rings. The van der Waals surface area contributed by atoms with E-state index in [1.807, 2.05) is 0 Å². The van der Waals surface area contributed by atoms with E-state index >= 15 is 0 Å². The van der Waals surface area contributed by atoms with Crippen molar-refractivity contribution in [3.05, 3.63) is 0 Å². The molecule has 2 unspecified atom stereocenters. The molecule has 9 heteroatoms. The van der Waals surface area contributed by atoms with Gasteiger partial charge in [-0.2, -0.15) is 0 Å². The minimum atomic E-state index is -2.27. The first-order chi connectivity index (χ1) is 4.46. The molecule has 2 atom stereocenters. The molecule has 4 N–H and O–H groups in total. The number of rotatable bonds is 3. The fraction of sp³-hybridized carbons (Fsp3) is 0.500. The van der Waals surface area contributed by atoms with Gasteiger partial charge in [0, 0.05) is 17.1 Å². The minimum absolute atomic E-state index is 0. The van der Waals surface area contributed by atoms with Crippen molar-refractivity contribution in [1.82, 2.24) is 0 Å². The van der Waals surface area contributed by atoms with Crippen molar-refractivity contribution in [3.63, 3.8) is 0 Å². The Labute approximate surface area is 149 Å². The van der Waals surface area contributed by atoms with Crippen molar-refractivity contribution in [3.8, 4) is 0 Å². The zero-order valence-electron chi connectivity index (χ0n) is 5.06. The second-order valence-electron chi connectivity index (χ2n) is 1.57. The van der Waals surface area contributed by atoms with E-state index in [2.05, 4.69) is 0 Å². The van der Waals surface area contributed by atoms with E-state index < -0.39 is 24.1 Å². The van der Waals surface area contributed by atoms with E-state index in [4.69, 9.17) is 20.4 Å². The van der Waals surface area contributed by atoms with Gasteiger partial charge in [0.2, 0.25) is 0 Å². The SMILES string of the molecule is O=C(O)C(O)C(O)C(=O)O.[Cu].[KH].[NaH]. The number of hydrogen-bond acceptors (Lipinski definition) is 4. The Bertz CT molecular complexity index is 149. The Morgan fingerprint density at radius 2 is 1.08 bits per heavy atom. The van der Waals surface area contributed by atoms with Crippen molar-refractivity contribution < 1.29 is 47.1 Å². The van der Waals surface area contributed by atoms with Crippen LogP contribution in [0.25, 0.3) is 0 Å². The van der Waals surface area contributed by atoms with Crippen LogP contribution in [0.5, 0.6) is 0 Å². The van der Waals surface area contributed by atoms with Gasteiger partial charge in [-0.25, -0.2) is 9.59 Å². The second kappa shape index (κ2) is 12.1. The summed E-state index contributed by atoms with van der Waals surface area (Å²) in [6, 6.07) is 0. The molecule has 1 radical (unpaired) electrons. The third kappa shape index (κ3) is 10.3. The van der Waals surface area contributed by atoms with Gasteiger partial charge in [0.25, 0.3) is 0 Å². The molecule has 0 saturated heterocycles. The van der Waals surface area contributed by atoms with Crippen LogP contribution >= 0.6 is 0 Å². The molecule has 0 aliphatic carbocycles. The molecule has 0 aliphatic heterocycles. The van der Waals surface area contributed by atoms with Gasteiger partial charge in [-0.3, -0.25) is 0 Å². The first-order valence-electron chi connectivity index (χ1n) is 2.28. The van der Waals surface area contributed by atoms with Crippen LogP contribution in [0.4, 0.5) is 0 Å². The van der Waals surface area contributed by atoms with E-state index in [0.717, 1.165) is 0 Å². The van der Waals surface area contributed by atoms with Gasteiger partial charge in [0.1, 0.15) is 0 Å². The van der Waals surface area contributed by atoms with E-state index in [1.165, 1.54) is 0 Å². The Balaban J connectivity index is -0.000000135. The third-order valence-electron chi connectivity index (χ3n) is 0.805. The molecule has 0 aromatic heterocycles. The van der Waals surface area contributed by atoms with Gasteiger partial charge >= 0.3 is 92.9 Å². The number of carbonyl (C=O) groups is 2. The summed E-state index contributed by atoms with van der Waals surface area (Å²) in [6.45, 7) is 0. The van der Waals surface area contributed by atoms with Crippen molar-refractivity contribution in [2.75, 3.05) is 0 Å². The number of carboxylic acid groups (broad SMARTS) is 2.